The zero-order valence-corrected chi connectivity index (χ0v) is 30.7. The summed E-state index contributed by atoms with van der Waals surface area (Å²) < 4.78 is 0. The maximum Gasteiger partial charge on any atom is 0.242 e. The van der Waals surface area contributed by atoms with Crippen molar-refractivity contribution in [3.8, 4) is 0 Å². The minimum atomic E-state index is -0.415. The van der Waals surface area contributed by atoms with Crippen LogP contribution in [0, 0.1) is 27.7 Å². The van der Waals surface area contributed by atoms with Crippen molar-refractivity contribution in [1.82, 2.24) is 24.5 Å². The van der Waals surface area contributed by atoms with Crippen LogP contribution in [0.1, 0.15) is 66.0 Å². The van der Waals surface area contributed by atoms with Crippen molar-refractivity contribution in [2.45, 2.75) is 73.4 Å². The zero-order valence-electron chi connectivity index (χ0n) is 30.7. The Labute approximate surface area is 297 Å². The molecular formula is C38H57N7O5. The number of rotatable bonds is 13. The predicted octanol–water partition coefficient (Wildman–Crippen LogP) is 2.27. The van der Waals surface area contributed by atoms with E-state index in [1.807, 2.05) is 71.0 Å². The molecule has 3 rings (SSSR count). The van der Waals surface area contributed by atoms with E-state index < -0.39 is 23.6 Å². The van der Waals surface area contributed by atoms with E-state index in [-0.39, 0.29) is 64.8 Å². The molecule has 2 aromatic carbocycles. The molecule has 0 radical (unpaired) electrons. The van der Waals surface area contributed by atoms with Crippen LogP contribution >= 0.6 is 0 Å². The number of benzene rings is 2. The fourth-order valence-electron chi connectivity index (χ4n) is 6.33. The Morgan fingerprint density at radius 1 is 0.460 bits per heavy atom. The number of nitrogens with zero attached hydrogens (tertiary/aromatic N) is 5. The van der Waals surface area contributed by atoms with Crippen LogP contribution in [0.3, 0.4) is 0 Å². The number of hydrogen-bond acceptors (Lipinski definition) is 7. The summed E-state index contributed by atoms with van der Waals surface area (Å²) in [6.45, 7) is 10.2. The molecule has 2 aromatic rings. The average Bonchev–Trinajstić information content (AvgIpc) is 3.04. The fraction of sp³-hybridized carbons (Fsp3) is 0.553. The smallest absolute Gasteiger partial charge is 0.242 e. The Morgan fingerprint density at radius 2 is 0.740 bits per heavy atom. The third-order valence-electron chi connectivity index (χ3n) is 8.75. The Balaban J connectivity index is 2.10. The van der Waals surface area contributed by atoms with E-state index in [2.05, 4.69) is 0 Å². The van der Waals surface area contributed by atoms with E-state index in [1.165, 1.54) is 24.5 Å². The van der Waals surface area contributed by atoms with Gasteiger partial charge in [-0.1, -0.05) is 72.0 Å². The molecule has 0 unspecified atom stereocenters. The molecule has 1 heterocycles. The van der Waals surface area contributed by atoms with Gasteiger partial charge in [-0.15, -0.1) is 0 Å². The summed E-state index contributed by atoms with van der Waals surface area (Å²) >= 11 is 0. The number of hydrogen-bond donors (Lipinski definition) is 2. The highest BCUT2D eigenvalue weighted by Crippen LogP contribution is 2.16. The Bertz CT molecular complexity index is 1400. The van der Waals surface area contributed by atoms with Gasteiger partial charge in [0.2, 0.25) is 29.5 Å². The maximum absolute atomic E-state index is 14.1. The number of nitrogens with two attached hydrogens (primary N) is 2. The fourth-order valence-corrected chi connectivity index (χ4v) is 6.33. The molecule has 1 fully saturated rings. The van der Waals surface area contributed by atoms with E-state index in [9.17, 15) is 24.0 Å². The van der Waals surface area contributed by atoms with E-state index in [0.717, 1.165) is 39.8 Å². The molecule has 0 atom stereocenters. The highest BCUT2D eigenvalue weighted by Gasteiger charge is 2.31. The molecule has 0 aromatic heterocycles. The number of unbranched alkanes of at least 4 members (excludes halogenated alkanes) is 1. The minimum absolute atomic E-state index is 0.154. The van der Waals surface area contributed by atoms with Crippen LogP contribution in [0.4, 0.5) is 0 Å². The van der Waals surface area contributed by atoms with Crippen LogP contribution in [-0.4, -0.2) is 119 Å². The number of carbonyl (C=O) groups is 5. The second-order valence-electron chi connectivity index (χ2n) is 13.6. The van der Waals surface area contributed by atoms with Crippen molar-refractivity contribution in [3.63, 3.8) is 0 Å². The number of carbonyl (C=O) groups excluding carboxylic acids is 5. The molecule has 0 saturated carbocycles. The Morgan fingerprint density at radius 3 is 1.04 bits per heavy atom. The third kappa shape index (κ3) is 12.5. The number of aryl methyl sites for hydroxylation is 4. The first-order chi connectivity index (χ1) is 23.8. The first-order valence-electron chi connectivity index (χ1n) is 17.8. The summed E-state index contributed by atoms with van der Waals surface area (Å²) in [5.74, 6) is -2.00. The van der Waals surface area contributed by atoms with Crippen LogP contribution in [0.25, 0.3) is 0 Å². The molecule has 1 saturated heterocycles. The molecule has 12 nitrogen and oxygen atoms in total. The minimum Gasteiger partial charge on any atom is -0.332 e. The zero-order chi connectivity index (χ0) is 36.8. The first kappa shape index (κ1) is 40.1. The van der Waals surface area contributed by atoms with Crippen LogP contribution in [0.5, 0.6) is 0 Å². The van der Waals surface area contributed by atoms with Crippen molar-refractivity contribution in [3.05, 3.63) is 69.8 Å². The van der Waals surface area contributed by atoms with Gasteiger partial charge < -0.3 is 36.0 Å². The van der Waals surface area contributed by atoms with Crippen LogP contribution < -0.4 is 11.5 Å². The quantitative estimate of drug-likeness (QED) is 0.327. The van der Waals surface area contributed by atoms with Gasteiger partial charge in [0.25, 0.3) is 0 Å². The van der Waals surface area contributed by atoms with Gasteiger partial charge in [-0.05, 0) is 71.2 Å². The van der Waals surface area contributed by atoms with Gasteiger partial charge in [-0.2, -0.15) is 0 Å². The molecule has 0 bridgehead atoms. The normalized spacial score (nSPS) is 16.0. The van der Waals surface area contributed by atoms with E-state index in [1.54, 1.807) is 0 Å². The predicted molar refractivity (Wildman–Crippen MR) is 195 cm³/mol. The van der Waals surface area contributed by atoms with Gasteiger partial charge in [0.05, 0.1) is 19.6 Å². The summed E-state index contributed by atoms with van der Waals surface area (Å²) in [6.07, 6.45) is 2.36. The second-order valence-corrected chi connectivity index (χ2v) is 13.6. The SMILES string of the molecule is CCCCN1CC(=O)N(Cc2cc(C)cc(C)c2)CC(=O)N(CCCN)CC(=O)N(CCCN)CC(=O)N(Cc2cc(C)cc(C)c2)CC1=O. The van der Waals surface area contributed by atoms with Gasteiger partial charge in [0.15, 0.2) is 0 Å². The van der Waals surface area contributed by atoms with Gasteiger partial charge in [-0.3, -0.25) is 24.0 Å². The largest absolute Gasteiger partial charge is 0.332 e. The van der Waals surface area contributed by atoms with Gasteiger partial charge in [0, 0.05) is 32.7 Å². The molecule has 5 amide bonds. The van der Waals surface area contributed by atoms with Crippen molar-refractivity contribution in [2.75, 3.05) is 65.4 Å². The summed E-state index contributed by atoms with van der Waals surface area (Å²) in [6, 6.07) is 12.0. The molecule has 1 aliphatic rings. The van der Waals surface area contributed by atoms with Crippen molar-refractivity contribution >= 4 is 29.5 Å². The van der Waals surface area contributed by atoms with Crippen molar-refractivity contribution < 1.29 is 24.0 Å². The third-order valence-corrected chi connectivity index (χ3v) is 8.75. The first-order valence-corrected chi connectivity index (χ1v) is 17.8. The van der Waals surface area contributed by atoms with Gasteiger partial charge in [0.1, 0.15) is 13.1 Å². The molecule has 1 aliphatic heterocycles. The van der Waals surface area contributed by atoms with E-state index >= 15 is 0 Å². The summed E-state index contributed by atoms with van der Waals surface area (Å²) in [4.78, 5) is 77.3. The van der Waals surface area contributed by atoms with Gasteiger partial charge in [-0.25, -0.2) is 0 Å². The lowest BCUT2D eigenvalue weighted by atomic mass is 10.1. The molecule has 0 aliphatic carbocycles. The van der Waals surface area contributed by atoms with E-state index in [0.29, 0.717) is 38.9 Å². The highest BCUT2D eigenvalue weighted by molar-refractivity contribution is 5.93. The Hall–Kier alpha value is -4.29. The molecular weight excluding hydrogens is 634 g/mol. The average molecular weight is 692 g/mol. The molecule has 50 heavy (non-hydrogen) atoms. The van der Waals surface area contributed by atoms with Crippen molar-refractivity contribution in [2.24, 2.45) is 11.5 Å². The lowest BCUT2D eigenvalue weighted by Crippen LogP contribution is -2.50. The number of amides is 5. The van der Waals surface area contributed by atoms with Crippen LogP contribution in [-0.2, 0) is 37.1 Å². The monoisotopic (exact) mass is 691 g/mol. The molecule has 0 spiro atoms. The summed E-state index contributed by atoms with van der Waals surface area (Å²) in [5, 5.41) is 0. The van der Waals surface area contributed by atoms with Crippen molar-refractivity contribution in [1.29, 1.82) is 0 Å². The molecule has 12 heteroatoms. The Kier molecular flexibility index (Phi) is 15.9. The van der Waals surface area contributed by atoms with Crippen LogP contribution in [0.2, 0.25) is 0 Å². The highest BCUT2D eigenvalue weighted by atomic mass is 16.2. The van der Waals surface area contributed by atoms with Gasteiger partial charge >= 0.3 is 0 Å². The lowest BCUT2D eigenvalue weighted by Gasteiger charge is -2.31. The van der Waals surface area contributed by atoms with Crippen LogP contribution in [0.15, 0.2) is 36.4 Å². The standard InChI is InChI=1S/C38H57N7O5/c1-6-7-12-41-24-37(49)45(22-33-19-30(4)16-31(5)20-33)27-36(48)42(13-8-10-39)23-34(46)43(14-9-11-40)25-38(50)44(26-35(41)47)21-32-17-28(2)15-29(3)18-32/h15-20H,6-14,21-27,39-40H2,1-5H3. The molecule has 4 N–H and O–H groups in total. The van der Waals surface area contributed by atoms with E-state index in [4.69, 9.17) is 11.5 Å². The lowest BCUT2D eigenvalue weighted by molar-refractivity contribution is -0.146. The summed E-state index contributed by atoms with van der Waals surface area (Å²) in [7, 11) is 0. The summed E-state index contributed by atoms with van der Waals surface area (Å²) in [5.41, 5.74) is 17.4. The topological polar surface area (TPSA) is 154 Å². The second kappa shape index (κ2) is 19.8. The molecule has 274 valence electrons. The maximum atomic E-state index is 14.1.